The predicted molar refractivity (Wildman–Crippen MR) is 98.9 cm³/mol. The molecule has 1 aliphatic rings. The number of rotatable bonds is 4. The molecule has 3 heterocycles. The zero-order chi connectivity index (χ0) is 20.6. The Morgan fingerprint density at radius 1 is 1.28 bits per heavy atom. The summed E-state index contributed by atoms with van der Waals surface area (Å²) in [7, 11) is 0. The van der Waals surface area contributed by atoms with Gasteiger partial charge in [-0.25, -0.2) is 4.39 Å². The lowest BCUT2D eigenvalue weighted by atomic mass is 10.1. The molecule has 4 rings (SSSR count). The minimum atomic E-state index is -4.69. The Morgan fingerprint density at radius 2 is 2.03 bits per heavy atom. The lowest BCUT2D eigenvalue weighted by molar-refractivity contribution is -0.159. The number of halogens is 4. The van der Waals surface area contributed by atoms with Crippen molar-refractivity contribution in [1.29, 1.82) is 0 Å². The Labute approximate surface area is 170 Å². The summed E-state index contributed by atoms with van der Waals surface area (Å²) < 4.78 is 55.2. The average molecular weight is 443 g/mol. The monoisotopic (exact) mass is 443 g/mol. The van der Waals surface area contributed by atoms with Gasteiger partial charge < -0.3 is 9.42 Å². The van der Waals surface area contributed by atoms with Crippen LogP contribution in [-0.4, -0.2) is 33.2 Å². The van der Waals surface area contributed by atoms with Gasteiger partial charge in [-0.1, -0.05) is 5.16 Å². The Morgan fingerprint density at radius 3 is 2.72 bits per heavy atom. The van der Waals surface area contributed by atoms with Crippen molar-refractivity contribution in [3.63, 3.8) is 0 Å². The van der Waals surface area contributed by atoms with Gasteiger partial charge in [-0.3, -0.25) is 4.79 Å². The van der Waals surface area contributed by atoms with Crippen LogP contribution in [0.1, 0.15) is 16.3 Å². The topological polar surface area (TPSA) is 59.2 Å². The fourth-order valence-corrected chi connectivity index (χ4v) is 4.75. The van der Waals surface area contributed by atoms with E-state index in [1.54, 1.807) is 23.1 Å². The largest absolute Gasteiger partial charge is 0.471 e. The molecule has 152 valence electrons. The summed E-state index contributed by atoms with van der Waals surface area (Å²) in [5.41, 5.74) is 0.870. The highest BCUT2D eigenvalue weighted by Crippen LogP contribution is 2.35. The van der Waals surface area contributed by atoms with E-state index in [0.29, 0.717) is 24.4 Å². The second kappa shape index (κ2) is 7.79. The number of hydrogen-bond acceptors (Lipinski definition) is 6. The molecule has 0 spiro atoms. The van der Waals surface area contributed by atoms with Crippen molar-refractivity contribution in [2.75, 3.05) is 12.3 Å². The highest BCUT2D eigenvalue weighted by molar-refractivity contribution is 8.00. The molecule has 0 saturated carbocycles. The van der Waals surface area contributed by atoms with Crippen LogP contribution < -0.4 is 0 Å². The van der Waals surface area contributed by atoms with E-state index in [1.165, 1.54) is 35.2 Å². The number of carbonyl (C=O) groups excluding carboxylic acids is 1. The molecule has 0 bridgehead atoms. The number of thioether (sulfide) groups is 1. The second-order valence-corrected chi connectivity index (χ2v) is 8.47. The zero-order valence-corrected chi connectivity index (χ0v) is 16.3. The summed E-state index contributed by atoms with van der Waals surface area (Å²) in [5, 5.41) is 3.41. The van der Waals surface area contributed by atoms with E-state index in [1.807, 2.05) is 0 Å². The summed E-state index contributed by atoms with van der Waals surface area (Å²) >= 11 is 2.63. The number of alkyl halides is 3. The highest BCUT2D eigenvalue weighted by Gasteiger charge is 2.38. The first-order chi connectivity index (χ1) is 13.8. The van der Waals surface area contributed by atoms with E-state index in [2.05, 4.69) is 14.7 Å². The number of thiophene rings is 1. The van der Waals surface area contributed by atoms with Gasteiger partial charge in [-0.2, -0.15) is 18.2 Å². The molecule has 3 aromatic rings. The van der Waals surface area contributed by atoms with Crippen LogP contribution in [0.25, 0.3) is 10.7 Å². The highest BCUT2D eigenvalue weighted by atomic mass is 32.2. The first kappa shape index (κ1) is 19.9. The Bertz CT molecular complexity index is 1030. The smallest absolute Gasteiger partial charge is 0.337 e. The van der Waals surface area contributed by atoms with Gasteiger partial charge in [-0.05, 0) is 42.3 Å². The van der Waals surface area contributed by atoms with Crippen LogP contribution in [0.2, 0.25) is 0 Å². The number of nitrogens with zero attached hydrogens (tertiary/aromatic N) is 3. The SMILES string of the molecule is O=C(CSc1ccc(F)cc1)N1CCc2sc(-c3noc(C(F)(F)F)n3)cc2C1. The number of carbonyl (C=O) groups is 1. The van der Waals surface area contributed by atoms with Crippen molar-refractivity contribution in [1.82, 2.24) is 15.0 Å². The van der Waals surface area contributed by atoms with Gasteiger partial charge in [0.15, 0.2) is 0 Å². The second-order valence-electron chi connectivity index (χ2n) is 6.29. The van der Waals surface area contributed by atoms with Crippen LogP contribution >= 0.6 is 23.1 Å². The van der Waals surface area contributed by atoms with Gasteiger partial charge in [-0.15, -0.1) is 23.1 Å². The molecule has 11 heteroatoms. The maximum atomic E-state index is 12.9. The predicted octanol–water partition coefficient (Wildman–Crippen LogP) is 4.63. The maximum Gasteiger partial charge on any atom is 0.471 e. The molecule has 29 heavy (non-hydrogen) atoms. The summed E-state index contributed by atoms with van der Waals surface area (Å²) in [4.78, 5) is 19.9. The van der Waals surface area contributed by atoms with Crippen LogP contribution in [-0.2, 0) is 23.9 Å². The molecule has 1 aromatic carbocycles. The van der Waals surface area contributed by atoms with Crippen LogP contribution in [0, 0.1) is 5.82 Å². The summed E-state index contributed by atoms with van der Waals surface area (Å²) in [6, 6.07) is 7.63. The first-order valence-electron chi connectivity index (χ1n) is 8.48. The summed E-state index contributed by atoms with van der Waals surface area (Å²) in [6.07, 6.45) is -4.08. The zero-order valence-electron chi connectivity index (χ0n) is 14.7. The molecule has 2 aromatic heterocycles. The minimum Gasteiger partial charge on any atom is -0.337 e. The lowest BCUT2D eigenvalue weighted by Crippen LogP contribution is -2.36. The fraction of sp³-hybridized carbons (Fsp3) is 0.278. The van der Waals surface area contributed by atoms with Crippen LogP contribution in [0.5, 0.6) is 0 Å². The molecular weight excluding hydrogens is 430 g/mol. The van der Waals surface area contributed by atoms with Crippen molar-refractivity contribution in [3.8, 4) is 10.7 Å². The van der Waals surface area contributed by atoms with E-state index in [-0.39, 0.29) is 23.3 Å². The molecule has 0 saturated heterocycles. The lowest BCUT2D eigenvalue weighted by Gasteiger charge is -2.26. The number of amides is 1. The van der Waals surface area contributed by atoms with Gasteiger partial charge in [0.2, 0.25) is 11.7 Å². The molecule has 0 unspecified atom stereocenters. The Hall–Kier alpha value is -2.40. The number of fused-ring (bicyclic) bond motifs is 1. The van der Waals surface area contributed by atoms with Crippen LogP contribution in [0.15, 0.2) is 39.8 Å². The minimum absolute atomic E-state index is 0.0587. The van der Waals surface area contributed by atoms with Crippen molar-refractivity contribution in [2.24, 2.45) is 0 Å². The molecule has 1 aliphatic heterocycles. The van der Waals surface area contributed by atoms with Gasteiger partial charge in [0.25, 0.3) is 0 Å². The van der Waals surface area contributed by atoms with E-state index >= 15 is 0 Å². The van der Waals surface area contributed by atoms with Crippen molar-refractivity contribution in [2.45, 2.75) is 24.0 Å². The third-order valence-electron chi connectivity index (χ3n) is 4.28. The Kier molecular flexibility index (Phi) is 5.34. The molecule has 0 atom stereocenters. The van der Waals surface area contributed by atoms with Crippen LogP contribution in [0.3, 0.4) is 0 Å². The van der Waals surface area contributed by atoms with Gasteiger partial charge in [0.1, 0.15) is 5.82 Å². The first-order valence-corrected chi connectivity index (χ1v) is 10.3. The maximum absolute atomic E-state index is 12.9. The van der Waals surface area contributed by atoms with Crippen molar-refractivity contribution >= 4 is 29.0 Å². The third kappa shape index (κ3) is 4.45. The molecule has 0 fully saturated rings. The number of hydrogen-bond donors (Lipinski definition) is 0. The standard InChI is InChI=1S/C18H13F4N3O2S2/c19-11-1-3-12(4-2-11)28-9-15(26)25-6-5-13-10(8-25)7-14(29-13)16-23-17(27-24-16)18(20,21)22/h1-4,7H,5-6,8-9H2. The van der Waals surface area contributed by atoms with Crippen molar-refractivity contribution < 1.29 is 26.9 Å². The summed E-state index contributed by atoms with van der Waals surface area (Å²) in [5.74, 6) is -1.66. The molecule has 0 radical (unpaired) electrons. The number of benzene rings is 1. The van der Waals surface area contributed by atoms with E-state index in [0.717, 1.165) is 15.3 Å². The van der Waals surface area contributed by atoms with Gasteiger partial charge in [0.05, 0.1) is 10.6 Å². The normalized spacial score (nSPS) is 14.1. The number of aromatic nitrogens is 2. The Balaban J connectivity index is 1.41. The molecule has 0 aliphatic carbocycles. The van der Waals surface area contributed by atoms with Gasteiger partial charge in [0, 0.05) is 22.9 Å². The molecule has 1 amide bonds. The fourth-order valence-electron chi connectivity index (χ4n) is 2.86. The molecule has 5 nitrogen and oxygen atoms in total. The van der Waals surface area contributed by atoms with E-state index in [4.69, 9.17) is 0 Å². The van der Waals surface area contributed by atoms with Crippen LogP contribution in [0.4, 0.5) is 17.6 Å². The third-order valence-corrected chi connectivity index (χ3v) is 6.51. The van der Waals surface area contributed by atoms with Crippen molar-refractivity contribution in [3.05, 3.63) is 52.5 Å². The molecule has 0 N–H and O–H groups in total. The summed E-state index contributed by atoms with van der Waals surface area (Å²) in [6.45, 7) is 0.897. The van der Waals surface area contributed by atoms with E-state index < -0.39 is 12.1 Å². The quantitative estimate of drug-likeness (QED) is 0.435. The molecular formula is C18H13F4N3O2S2. The van der Waals surface area contributed by atoms with Gasteiger partial charge >= 0.3 is 12.1 Å². The van der Waals surface area contributed by atoms with E-state index in [9.17, 15) is 22.4 Å². The average Bonchev–Trinajstić information content (AvgIpc) is 3.33.